The Kier molecular flexibility index (Phi) is 7.49. The van der Waals surface area contributed by atoms with Gasteiger partial charge in [0, 0.05) is 0 Å². The first-order valence-electron chi connectivity index (χ1n) is 8.37. The summed E-state index contributed by atoms with van der Waals surface area (Å²) in [5, 5.41) is 0. The second-order valence-corrected chi connectivity index (χ2v) is 5.33. The normalized spacial score (nSPS) is 10.0. The summed E-state index contributed by atoms with van der Waals surface area (Å²) in [5.74, 6) is 0.651. The molecule has 0 aliphatic carbocycles. The molecule has 2 aromatic carbocycles. The standard InChI is InChI=1S/C20H22O7/c1-4-25-16-5-7-17(8-6-16)26-9-10-27-18-12-14(19(21)23-2)11-15(13-18)20(22)24-3/h5-8,11-13H,4,9-10H2,1-3H3. The maximum absolute atomic E-state index is 11.8. The molecule has 7 heteroatoms. The Morgan fingerprint density at radius 3 is 1.59 bits per heavy atom. The third kappa shape index (κ3) is 5.91. The minimum Gasteiger partial charge on any atom is -0.494 e. The summed E-state index contributed by atoms with van der Waals surface area (Å²) in [6.07, 6.45) is 0. The first-order valence-corrected chi connectivity index (χ1v) is 8.37. The van der Waals surface area contributed by atoms with Crippen LogP contribution in [0.3, 0.4) is 0 Å². The SMILES string of the molecule is CCOc1ccc(OCCOc2cc(C(=O)OC)cc(C(=O)OC)c2)cc1. The molecule has 0 radical (unpaired) electrons. The first kappa shape index (κ1) is 20.1. The zero-order valence-electron chi connectivity index (χ0n) is 15.5. The average molecular weight is 374 g/mol. The Balaban J connectivity index is 1.95. The lowest BCUT2D eigenvalue weighted by molar-refractivity contribution is 0.0598. The Hall–Kier alpha value is -3.22. The minimum absolute atomic E-state index is 0.197. The van der Waals surface area contributed by atoms with Gasteiger partial charge in [0.1, 0.15) is 30.5 Å². The van der Waals surface area contributed by atoms with Crippen LogP contribution in [0.2, 0.25) is 0 Å². The molecule has 0 aliphatic heterocycles. The van der Waals surface area contributed by atoms with Crippen molar-refractivity contribution in [3.63, 3.8) is 0 Å². The molecule has 0 amide bonds. The van der Waals surface area contributed by atoms with Crippen LogP contribution in [0.4, 0.5) is 0 Å². The first-order chi connectivity index (χ1) is 13.1. The molecule has 0 fully saturated rings. The predicted octanol–water partition coefficient (Wildman–Crippen LogP) is 3.12. The zero-order chi connectivity index (χ0) is 19.6. The maximum atomic E-state index is 11.8. The van der Waals surface area contributed by atoms with Crippen LogP contribution < -0.4 is 14.2 Å². The quantitative estimate of drug-likeness (QED) is 0.493. The van der Waals surface area contributed by atoms with E-state index < -0.39 is 11.9 Å². The fourth-order valence-electron chi connectivity index (χ4n) is 2.27. The van der Waals surface area contributed by atoms with Crippen molar-refractivity contribution in [2.24, 2.45) is 0 Å². The summed E-state index contributed by atoms with van der Waals surface area (Å²) >= 11 is 0. The number of carbonyl (C=O) groups is 2. The van der Waals surface area contributed by atoms with Crippen LogP contribution in [0.5, 0.6) is 17.2 Å². The lowest BCUT2D eigenvalue weighted by Crippen LogP contribution is -2.11. The number of esters is 2. The third-order valence-electron chi connectivity index (χ3n) is 3.50. The monoisotopic (exact) mass is 374 g/mol. The van der Waals surface area contributed by atoms with E-state index in [0.717, 1.165) is 5.75 Å². The minimum atomic E-state index is -0.573. The van der Waals surface area contributed by atoms with Crippen molar-refractivity contribution in [3.05, 3.63) is 53.6 Å². The van der Waals surface area contributed by atoms with Crippen LogP contribution in [-0.4, -0.2) is 46.0 Å². The van der Waals surface area contributed by atoms with Crippen LogP contribution in [0.25, 0.3) is 0 Å². The number of methoxy groups -OCH3 is 2. The average Bonchev–Trinajstić information content (AvgIpc) is 2.71. The third-order valence-corrected chi connectivity index (χ3v) is 3.50. The maximum Gasteiger partial charge on any atom is 0.338 e. The molecule has 27 heavy (non-hydrogen) atoms. The van der Waals surface area contributed by atoms with Crippen molar-refractivity contribution >= 4 is 11.9 Å². The van der Waals surface area contributed by atoms with E-state index in [1.54, 1.807) is 12.1 Å². The van der Waals surface area contributed by atoms with E-state index in [4.69, 9.17) is 14.2 Å². The van der Waals surface area contributed by atoms with E-state index in [2.05, 4.69) is 9.47 Å². The molecule has 0 aromatic heterocycles. The van der Waals surface area contributed by atoms with E-state index in [-0.39, 0.29) is 24.3 Å². The van der Waals surface area contributed by atoms with Crippen LogP contribution in [-0.2, 0) is 9.47 Å². The summed E-state index contributed by atoms with van der Waals surface area (Å²) in [4.78, 5) is 23.5. The van der Waals surface area contributed by atoms with Crippen molar-refractivity contribution in [2.45, 2.75) is 6.92 Å². The zero-order valence-corrected chi connectivity index (χ0v) is 15.5. The van der Waals surface area contributed by atoms with E-state index in [9.17, 15) is 9.59 Å². The second-order valence-electron chi connectivity index (χ2n) is 5.33. The molecule has 2 rings (SSSR count). The van der Waals surface area contributed by atoms with Gasteiger partial charge in [-0.1, -0.05) is 0 Å². The summed E-state index contributed by atoms with van der Waals surface area (Å²) < 4.78 is 25.9. The van der Waals surface area contributed by atoms with E-state index >= 15 is 0 Å². The molecular formula is C20H22O7. The van der Waals surface area contributed by atoms with Crippen LogP contribution in [0.15, 0.2) is 42.5 Å². The molecular weight excluding hydrogens is 352 g/mol. The summed E-state index contributed by atoms with van der Waals surface area (Å²) in [5.41, 5.74) is 0.394. The highest BCUT2D eigenvalue weighted by Crippen LogP contribution is 2.20. The number of hydrogen-bond donors (Lipinski definition) is 0. The number of hydrogen-bond acceptors (Lipinski definition) is 7. The van der Waals surface area contributed by atoms with Gasteiger partial charge in [-0.2, -0.15) is 0 Å². The molecule has 0 saturated heterocycles. The topological polar surface area (TPSA) is 80.3 Å². The van der Waals surface area contributed by atoms with E-state index in [1.807, 2.05) is 19.1 Å². The van der Waals surface area contributed by atoms with Gasteiger partial charge >= 0.3 is 11.9 Å². The molecule has 0 saturated carbocycles. The van der Waals surface area contributed by atoms with Gasteiger partial charge in [-0.05, 0) is 49.4 Å². The number of carbonyl (C=O) groups excluding carboxylic acids is 2. The molecule has 0 aliphatic rings. The molecule has 144 valence electrons. The van der Waals surface area contributed by atoms with Gasteiger partial charge in [-0.3, -0.25) is 0 Å². The molecule has 0 atom stereocenters. The predicted molar refractivity (Wildman–Crippen MR) is 97.7 cm³/mol. The van der Waals surface area contributed by atoms with Gasteiger partial charge in [0.25, 0.3) is 0 Å². The molecule has 2 aromatic rings. The van der Waals surface area contributed by atoms with E-state index in [0.29, 0.717) is 18.1 Å². The van der Waals surface area contributed by atoms with Crippen LogP contribution >= 0.6 is 0 Å². The van der Waals surface area contributed by atoms with Crippen molar-refractivity contribution in [1.29, 1.82) is 0 Å². The number of rotatable bonds is 9. The Labute approximate surface area is 157 Å². The highest BCUT2D eigenvalue weighted by atomic mass is 16.5. The summed E-state index contributed by atoms with van der Waals surface area (Å²) in [6, 6.07) is 11.6. The number of benzene rings is 2. The molecule has 0 bridgehead atoms. The van der Waals surface area contributed by atoms with Gasteiger partial charge < -0.3 is 23.7 Å². The molecule has 0 unspecified atom stereocenters. The van der Waals surface area contributed by atoms with E-state index in [1.165, 1.54) is 32.4 Å². The fraction of sp³-hybridized carbons (Fsp3) is 0.300. The van der Waals surface area contributed by atoms with Gasteiger partial charge in [-0.25, -0.2) is 9.59 Å². The van der Waals surface area contributed by atoms with Crippen molar-refractivity contribution in [2.75, 3.05) is 34.0 Å². The van der Waals surface area contributed by atoms with Gasteiger partial charge in [0.2, 0.25) is 0 Å². The number of ether oxygens (including phenoxy) is 5. The highest BCUT2D eigenvalue weighted by molar-refractivity contribution is 5.96. The van der Waals surface area contributed by atoms with Crippen LogP contribution in [0.1, 0.15) is 27.6 Å². The lowest BCUT2D eigenvalue weighted by atomic mass is 10.1. The van der Waals surface area contributed by atoms with Crippen LogP contribution in [0, 0.1) is 0 Å². The summed E-state index contributed by atoms with van der Waals surface area (Å²) in [6.45, 7) is 3.03. The summed E-state index contributed by atoms with van der Waals surface area (Å²) in [7, 11) is 2.52. The molecule has 0 N–H and O–H groups in total. The Morgan fingerprint density at radius 2 is 1.15 bits per heavy atom. The molecule has 7 nitrogen and oxygen atoms in total. The van der Waals surface area contributed by atoms with Crippen molar-refractivity contribution in [1.82, 2.24) is 0 Å². The lowest BCUT2D eigenvalue weighted by Gasteiger charge is -2.11. The van der Waals surface area contributed by atoms with Crippen molar-refractivity contribution in [3.8, 4) is 17.2 Å². The largest absolute Gasteiger partial charge is 0.494 e. The Morgan fingerprint density at radius 1 is 0.704 bits per heavy atom. The fourth-order valence-corrected chi connectivity index (χ4v) is 2.27. The highest BCUT2D eigenvalue weighted by Gasteiger charge is 2.14. The Bertz CT molecular complexity index is 734. The van der Waals surface area contributed by atoms with Gasteiger partial charge in [0.15, 0.2) is 0 Å². The van der Waals surface area contributed by atoms with Gasteiger partial charge in [0.05, 0.1) is 32.0 Å². The second kappa shape index (κ2) is 10.1. The van der Waals surface area contributed by atoms with Gasteiger partial charge in [-0.15, -0.1) is 0 Å². The van der Waals surface area contributed by atoms with Crippen molar-refractivity contribution < 1.29 is 33.3 Å². The molecule has 0 spiro atoms. The smallest absolute Gasteiger partial charge is 0.338 e. The molecule has 0 heterocycles.